The molecule has 0 saturated heterocycles. The van der Waals surface area contributed by atoms with Crippen LogP contribution in [0.1, 0.15) is 23.2 Å². The van der Waals surface area contributed by atoms with Gasteiger partial charge in [-0.05, 0) is 5.75 Å². The Balaban J connectivity index is 2.58. The molecule has 1 aromatic rings. The first-order valence-electron chi connectivity index (χ1n) is 3.59. The van der Waals surface area contributed by atoms with Crippen LogP contribution in [-0.2, 0) is 5.75 Å². The zero-order chi connectivity index (χ0) is 8.97. The zero-order valence-electron chi connectivity index (χ0n) is 6.70. The van der Waals surface area contributed by atoms with Gasteiger partial charge in [-0.3, -0.25) is 0 Å². The van der Waals surface area contributed by atoms with Crippen molar-refractivity contribution in [3.63, 3.8) is 0 Å². The summed E-state index contributed by atoms with van der Waals surface area (Å²) in [6, 6.07) is 0. The highest BCUT2D eigenvalue weighted by molar-refractivity contribution is 7.98. The fourth-order valence-electron chi connectivity index (χ4n) is 0.753. The number of aromatic nitrogens is 2. The molecule has 1 rings (SSSR count). The van der Waals surface area contributed by atoms with E-state index in [1.165, 1.54) is 0 Å². The molecule has 66 valence electrons. The number of imidazole rings is 1. The van der Waals surface area contributed by atoms with Gasteiger partial charge in [0.15, 0.2) is 0 Å². The summed E-state index contributed by atoms with van der Waals surface area (Å²) in [6.07, 6.45) is 1.56. The van der Waals surface area contributed by atoms with Crippen LogP contribution in [0.2, 0.25) is 0 Å². The molecule has 0 atom stereocenters. The van der Waals surface area contributed by atoms with Gasteiger partial charge in [0, 0.05) is 17.6 Å². The van der Waals surface area contributed by atoms with Gasteiger partial charge in [-0.25, -0.2) is 9.78 Å². The normalized spacial score (nSPS) is 10.1. The van der Waals surface area contributed by atoms with Gasteiger partial charge in [0.1, 0.15) is 0 Å². The summed E-state index contributed by atoms with van der Waals surface area (Å²) >= 11 is 1.72. The monoisotopic (exact) mass is 186 g/mol. The van der Waals surface area contributed by atoms with Gasteiger partial charge in [-0.1, -0.05) is 6.92 Å². The summed E-state index contributed by atoms with van der Waals surface area (Å²) < 4.78 is 0. The number of H-pyrrole nitrogens is 1. The minimum atomic E-state index is -1.01. The van der Waals surface area contributed by atoms with Crippen molar-refractivity contribution in [1.29, 1.82) is 0 Å². The van der Waals surface area contributed by atoms with Crippen LogP contribution in [0, 0.1) is 0 Å². The van der Waals surface area contributed by atoms with E-state index in [9.17, 15) is 4.79 Å². The first kappa shape index (κ1) is 9.12. The fraction of sp³-hybridized carbons (Fsp3) is 0.429. The van der Waals surface area contributed by atoms with Gasteiger partial charge in [-0.15, -0.1) is 0 Å². The van der Waals surface area contributed by atoms with Gasteiger partial charge < -0.3 is 10.1 Å². The van der Waals surface area contributed by atoms with E-state index in [0.29, 0.717) is 0 Å². The Kier molecular flexibility index (Phi) is 3.16. The smallest absolute Gasteiger partial charge is 0.371 e. The van der Waals surface area contributed by atoms with Crippen molar-refractivity contribution in [2.24, 2.45) is 0 Å². The number of aromatic carboxylic acids is 1. The third-order valence-electron chi connectivity index (χ3n) is 1.29. The maximum absolute atomic E-state index is 10.4. The molecule has 0 aromatic carbocycles. The van der Waals surface area contributed by atoms with Gasteiger partial charge in [0.2, 0.25) is 5.82 Å². The molecular weight excluding hydrogens is 176 g/mol. The topological polar surface area (TPSA) is 66.0 Å². The van der Waals surface area contributed by atoms with Crippen LogP contribution in [0.15, 0.2) is 6.20 Å². The van der Waals surface area contributed by atoms with Crippen LogP contribution in [-0.4, -0.2) is 26.8 Å². The average molecular weight is 186 g/mol. The van der Waals surface area contributed by atoms with Crippen molar-refractivity contribution < 1.29 is 9.90 Å². The molecule has 1 aromatic heterocycles. The summed E-state index contributed by atoms with van der Waals surface area (Å²) in [6.45, 7) is 2.05. The summed E-state index contributed by atoms with van der Waals surface area (Å²) in [7, 11) is 0. The van der Waals surface area contributed by atoms with E-state index in [1.54, 1.807) is 18.0 Å². The maximum atomic E-state index is 10.4. The van der Waals surface area contributed by atoms with E-state index < -0.39 is 5.97 Å². The van der Waals surface area contributed by atoms with Crippen molar-refractivity contribution >= 4 is 17.7 Å². The number of rotatable bonds is 4. The van der Waals surface area contributed by atoms with E-state index in [2.05, 4.69) is 16.9 Å². The van der Waals surface area contributed by atoms with Crippen molar-refractivity contribution in [2.75, 3.05) is 5.75 Å². The number of nitrogens with one attached hydrogen (secondary N) is 1. The van der Waals surface area contributed by atoms with Crippen LogP contribution < -0.4 is 0 Å². The number of carbonyl (C=O) groups is 1. The first-order chi connectivity index (χ1) is 5.74. The summed E-state index contributed by atoms with van der Waals surface area (Å²) in [5.41, 5.74) is 0.860. The summed E-state index contributed by atoms with van der Waals surface area (Å²) in [4.78, 5) is 16.8. The number of hydrogen-bond donors (Lipinski definition) is 2. The quantitative estimate of drug-likeness (QED) is 0.745. The van der Waals surface area contributed by atoms with E-state index in [0.717, 1.165) is 17.2 Å². The Bertz CT molecular complexity index is 272. The van der Waals surface area contributed by atoms with Gasteiger partial charge in [0.05, 0.1) is 0 Å². The predicted octanol–water partition coefficient (Wildman–Crippen LogP) is 1.36. The second-order valence-electron chi connectivity index (χ2n) is 2.20. The summed E-state index contributed by atoms with van der Waals surface area (Å²) in [5, 5.41) is 8.52. The van der Waals surface area contributed by atoms with Crippen LogP contribution in [0.5, 0.6) is 0 Å². The molecule has 0 unspecified atom stereocenters. The summed E-state index contributed by atoms with van der Waals surface area (Å²) in [5.74, 6) is 0.808. The van der Waals surface area contributed by atoms with Crippen LogP contribution >= 0.6 is 11.8 Å². The van der Waals surface area contributed by atoms with E-state index in [1.807, 2.05) is 0 Å². The zero-order valence-corrected chi connectivity index (χ0v) is 7.52. The van der Waals surface area contributed by atoms with Gasteiger partial charge in [0.25, 0.3) is 0 Å². The molecule has 0 spiro atoms. The standard InChI is InChI=1S/C7H10N2O2S/c1-2-12-4-5-3-8-6(9-5)7(10)11/h3H,2,4H2,1H3,(H,8,9)(H,10,11). The van der Waals surface area contributed by atoms with Crippen molar-refractivity contribution in [3.8, 4) is 0 Å². The van der Waals surface area contributed by atoms with Crippen LogP contribution in [0.3, 0.4) is 0 Å². The number of carboxylic acids is 1. The molecule has 0 aliphatic carbocycles. The SMILES string of the molecule is CCSCc1cnc(C(=O)O)[nH]1. The molecular formula is C7H10N2O2S. The lowest BCUT2D eigenvalue weighted by atomic mass is 10.6. The van der Waals surface area contributed by atoms with E-state index in [-0.39, 0.29) is 5.82 Å². The molecule has 0 radical (unpaired) electrons. The number of hydrogen-bond acceptors (Lipinski definition) is 3. The number of aromatic amines is 1. The van der Waals surface area contributed by atoms with Gasteiger partial charge >= 0.3 is 5.97 Å². The van der Waals surface area contributed by atoms with Crippen molar-refractivity contribution in [3.05, 3.63) is 17.7 Å². The highest BCUT2D eigenvalue weighted by Crippen LogP contribution is 2.08. The number of thioether (sulfide) groups is 1. The predicted molar refractivity (Wildman–Crippen MR) is 47.4 cm³/mol. The first-order valence-corrected chi connectivity index (χ1v) is 4.74. The van der Waals surface area contributed by atoms with E-state index >= 15 is 0 Å². The highest BCUT2D eigenvalue weighted by atomic mass is 32.2. The molecule has 2 N–H and O–H groups in total. The third-order valence-corrected chi connectivity index (χ3v) is 2.22. The highest BCUT2D eigenvalue weighted by Gasteiger charge is 2.06. The number of carboxylic acid groups (broad SMARTS) is 1. The maximum Gasteiger partial charge on any atom is 0.371 e. The molecule has 0 aliphatic rings. The molecule has 12 heavy (non-hydrogen) atoms. The molecule has 0 fully saturated rings. The second-order valence-corrected chi connectivity index (χ2v) is 3.47. The Labute approximate surface area is 74.4 Å². The lowest BCUT2D eigenvalue weighted by Gasteiger charge is -1.92. The molecule has 0 amide bonds. The Morgan fingerprint density at radius 3 is 3.08 bits per heavy atom. The molecule has 1 heterocycles. The second kappa shape index (κ2) is 4.15. The fourth-order valence-corrected chi connectivity index (χ4v) is 1.32. The minimum Gasteiger partial charge on any atom is -0.475 e. The average Bonchev–Trinajstić information content (AvgIpc) is 2.48. The molecule has 0 saturated carbocycles. The third kappa shape index (κ3) is 2.27. The lowest BCUT2D eigenvalue weighted by molar-refractivity contribution is 0.0684. The minimum absolute atomic E-state index is 0.0155. The molecule has 0 bridgehead atoms. The Hall–Kier alpha value is -0.970. The van der Waals surface area contributed by atoms with Crippen LogP contribution in [0.25, 0.3) is 0 Å². The lowest BCUT2D eigenvalue weighted by Crippen LogP contribution is -1.98. The molecule has 5 heteroatoms. The van der Waals surface area contributed by atoms with Crippen molar-refractivity contribution in [2.45, 2.75) is 12.7 Å². The van der Waals surface area contributed by atoms with Crippen molar-refractivity contribution in [1.82, 2.24) is 9.97 Å². The van der Waals surface area contributed by atoms with E-state index in [4.69, 9.17) is 5.11 Å². The molecule has 0 aliphatic heterocycles. The Morgan fingerprint density at radius 2 is 2.58 bits per heavy atom. The largest absolute Gasteiger partial charge is 0.475 e. The number of nitrogens with zero attached hydrogens (tertiary/aromatic N) is 1. The van der Waals surface area contributed by atoms with Crippen LogP contribution in [0.4, 0.5) is 0 Å². The Morgan fingerprint density at radius 1 is 1.83 bits per heavy atom. The molecule has 4 nitrogen and oxygen atoms in total. The van der Waals surface area contributed by atoms with Gasteiger partial charge in [-0.2, -0.15) is 11.8 Å².